The molecular formula is C23H26N6O2S. The van der Waals surface area contributed by atoms with Crippen LogP contribution in [0, 0.1) is 6.92 Å². The molecule has 4 rings (SSSR count). The number of nitrogens with zero attached hydrogens (tertiary/aromatic N) is 4. The maximum Gasteiger partial charge on any atom is 0.225 e. The molecule has 0 spiro atoms. The highest BCUT2D eigenvalue weighted by atomic mass is 32.2. The van der Waals surface area contributed by atoms with E-state index in [4.69, 9.17) is 4.74 Å². The quantitative estimate of drug-likeness (QED) is 0.404. The lowest BCUT2D eigenvalue weighted by atomic mass is 10.0. The number of benzene rings is 1. The molecule has 3 aromatic heterocycles. The molecule has 1 amide bonds. The highest BCUT2D eigenvalue weighted by molar-refractivity contribution is 7.98. The molecule has 0 saturated heterocycles. The summed E-state index contributed by atoms with van der Waals surface area (Å²) in [6, 6.07) is 13.2. The van der Waals surface area contributed by atoms with Gasteiger partial charge in [-0.3, -0.25) is 14.3 Å². The van der Waals surface area contributed by atoms with Gasteiger partial charge < -0.3 is 10.1 Å². The third-order valence-electron chi connectivity index (χ3n) is 5.37. The highest BCUT2D eigenvalue weighted by Crippen LogP contribution is 2.26. The number of methoxy groups -OCH3 is 1. The molecule has 32 heavy (non-hydrogen) atoms. The van der Waals surface area contributed by atoms with Gasteiger partial charge >= 0.3 is 0 Å². The molecule has 166 valence electrons. The predicted molar refractivity (Wildman–Crippen MR) is 126 cm³/mol. The average molecular weight is 451 g/mol. The summed E-state index contributed by atoms with van der Waals surface area (Å²) in [6.45, 7) is 1.93. The van der Waals surface area contributed by atoms with E-state index in [9.17, 15) is 4.79 Å². The summed E-state index contributed by atoms with van der Waals surface area (Å²) in [5, 5.41) is 19.2. The van der Waals surface area contributed by atoms with Gasteiger partial charge in [-0.2, -0.15) is 16.9 Å². The number of hydrogen-bond donors (Lipinski definition) is 2. The van der Waals surface area contributed by atoms with Crippen molar-refractivity contribution in [3.63, 3.8) is 0 Å². The number of aromatic nitrogens is 5. The summed E-state index contributed by atoms with van der Waals surface area (Å²) < 4.78 is 7.17. The van der Waals surface area contributed by atoms with E-state index < -0.39 is 0 Å². The van der Waals surface area contributed by atoms with Gasteiger partial charge in [0.1, 0.15) is 5.75 Å². The molecule has 1 atom stereocenters. The number of hydrogen-bond acceptors (Lipinski definition) is 6. The molecule has 0 bridgehead atoms. The van der Waals surface area contributed by atoms with E-state index in [-0.39, 0.29) is 18.4 Å². The predicted octanol–water partition coefficient (Wildman–Crippen LogP) is 3.59. The smallest absolute Gasteiger partial charge is 0.225 e. The Kier molecular flexibility index (Phi) is 6.75. The summed E-state index contributed by atoms with van der Waals surface area (Å²) in [6.07, 6.45) is 4.95. The van der Waals surface area contributed by atoms with E-state index in [1.165, 1.54) is 0 Å². The number of fused-ring (bicyclic) bond motifs is 1. The molecule has 4 aromatic rings. The van der Waals surface area contributed by atoms with Crippen molar-refractivity contribution in [2.45, 2.75) is 25.8 Å². The third kappa shape index (κ3) is 4.62. The minimum atomic E-state index is -0.232. The lowest BCUT2D eigenvalue weighted by molar-refractivity contribution is -0.121. The third-order valence-corrected chi connectivity index (χ3v) is 6.02. The highest BCUT2D eigenvalue weighted by Gasteiger charge is 2.22. The van der Waals surface area contributed by atoms with Crippen LogP contribution in [0.2, 0.25) is 0 Å². The molecule has 1 unspecified atom stereocenters. The van der Waals surface area contributed by atoms with Crippen molar-refractivity contribution in [1.29, 1.82) is 0 Å². The van der Waals surface area contributed by atoms with Gasteiger partial charge in [-0.25, -0.2) is 0 Å². The van der Waals surface area contributed by atoms with Gasteiger partial charge in [-0.15, -0.1) is 10.2 Å². The van der Waals surface area contributed by atoms with E-state index in [0.717, 1.165) is 51.9 Å². The number of carbonyl (C=O) groups is 1. The van der Waals surface area contributed by atoms with Gasteiger partial charge in [0.2, 0.25) is 5.91 Å². The average Bonchev–Trinajstić information content (AvgIpc) is 3.40. The monoisotopic (exact) mass is 450 g/mol. The summed E-state index contributed by atoms with van der Waals surface area (Å²) in [7, 11) is 1.63. The van der Waals surface area contributed by atoms with Crippen molar-refractivity contribution >= 4 is 23.3 Å². The maximum absolute atomic E-state index is 13.1. The number of carbonyl (C=O) groups excluding carboxylic acids is 1. The Balaban J connectivity index is 1.55. The minimum absolute atomic E-state index is 0.0805. The molecule has 0 aliphatic rings. The molecule has 0 aliphatic carbocycles. The number of pyridine rings is 1. The Morgan fingerprint density at radius 2 is 2.03 bits per heavy atom. The fourth-order valence-electron chi connectivity index (χ4n) is 3.66. The first-order valence-electron chi connectivity index (χ1n) is 10.4. The first kappa shape index (κ1) is 21.9. The van der Waals surface area contributed by atoms with Crippen molar-refractivity contribution < 1.29 is 9.53 Å². The summed E-state index contributed by atoms with van der Waals surface area (Å²) in [4.78, 5) is 13.1. The van der Waals surface area contributed by atoms with Crippen molar-refractivity contribution in [1.82, 2.24) is 30.1 Å². The lowest BCUT2D eigenvalue weighted by Crippen LogP contribution is -2.31. The van der Waals surface area contributed by atoms with Gasteiger partial charge in [-0.1, -0.05) is 6.07 Å². The number of ether oxygens (including phenoxy) is 1. The summed E-state index contributed by atoms with van der Waals surface area (Å²) >= 11 is 1.74. The SMILES string of the molecule is COc1ccc(-c2n[nH]c(C)c2CC(=O)NC(CCSC)c2nnc3ccccn23)cc1. The number of amides is 1. The normalized spacial score (nSPS) is 12.1. The van der Waals surface area contributed by atoms with Crippen molar-refractivity contribution in [3.8, 4) is 17.0 Å². The second-order valence-corrected chi connectivity index (χ2v) is 8.46. The molecular weight excluding hydrogens is 424 g/mol. The van der Waals surface area contributed by atoms with Crippen LogP contribution < -0.4 is 10.1 Å². The van der Waals surface area contributed by atoms with Crippen LogP contribution in [-0.2, 0) is 11.2 Å². The topological polar surface area (TPSA) is 97.2 Å². The number of H-pyrrole nitrogens is 1. The van der Waals surface area contributed by atoms with Crippen molar-refractivity contribution in [2.24, 2.45) is 0 Å². The zero-order valence-electron chi connectivity index (χ0n) is 18.3. The van der Waals surface area contributed by atoms with Crippen LogP contribution in [0.5, 0.6) is 5.75 Å². The van der Waals surface area contributed by atoms with E-state index >= 15 is 0 Å². The number of aryl methyl sites for hydroxylation is 1. The standard InChI is InChI=1S/C23H26N6O2S/c1-15-18(22(27-25-15)16-7-9-17(31-2)10-8-16)14-21(30)24-19(11-13-32-3)23-28-26-20-6-4-5-12-29(20)23/h4-10,12,19H,11,13-14H2,1-3H3,(H,24,30)(H,25,27). The molecule has 0 radical (unpaired) electrons. The first-order chi connectivity index (χ1) is 15.6. The molecule has 0 fully saturated rings. The van der Waals surface area contributed by atoms with Crippen LogP contribution in [0.1, 0.15) is 29.5 Å². The van der Waals surface area contributed by atoms with Crippen LogP contribution in [0.4, 0.5) is 0 Å². The second kappa shape index (κ2) is 9.86. The number of rotatable bonds is 9. The van der Waals surface area contributed by atoms with E-state index in [2.05, 4.69) is 32.0 Å². The summed E-state index contributed by atoms with van der Waals surface area (Å²) in [5.41, 5.74) is 4.22. The molecule has 2 N–H and O–H groups in total. The van der Waals surface area contributed by atoms with Gasteiger partial charge in [-0.05, 0) is 61.8 Å². The lowest BCUT2D eigenvalue weighted by Gasteiger charge is -2.17. The van der Waals surface area contributed by atoms with E-state index in [1.54, 1.807) is 18.9 Å². The van der Waals surface area contributed by atoms with Gasteiger partial charge in [0.25, 0.3) is 0 Å². The van der Waals surface area contributed by atoms with Crippen LogP contribution in [-0.4, -0.2) is 49.8 Å². The Morgan fingerprint density at radius 1 is 1.22 bits per heavy atom. The van der Waals surface area contributed by atoms with Crippen molar-refractivity contribution in [2.75, 3.05) is 19.1 Å². The molecule has 0 saturated carbocycles. The van der Waals surface area contributed by atoms with Crippen LogP contribution in [0.15, 0.2) is 48.7 Å². The van der Waals surface area contributed by atoms with E-state index in [0.29, 0.717) is 0 Å². The van der Waals surface area contributed by atoms with Gasteiger partial charge in [0.05, 0.1) is 25.3 Å². The second-order valence-electron chi connectivity index (χ2n) is 7.47. The first-order valence-corrected chi connectivity index (χ1v) is 11.8. The largest absolute Gasteiger partial charge is 0.497 e. The van der Waals surface area contributed by atoms with E-state index in [1.807, 2.05) is 60.0 Å². The number of thioether (sulfide) groups is 1. The molecule has 9 heteroatoms. The zero-order chi connectivity index (χ0) is 22.5. The fourth-order valence-corrected chi connectivity index (χ4v) is 4.13. The minimum Gasteiger partial charge on any atom is -0.497 e. The van der Waals surface area contributed by atoms with Crippen LogP contribution in [0.3, 0.4) is 0 Å². The Hall–Kier alpha value is -3.33. The molecule has 0 aliphatic heterocycles. The Labute approximate surface area is 190 Å². The summed E-state index contributed by atoms with van der Waals surface area (Å²) in [5.74, 6) is 2.33. The maximum atomic E-state index is 13.1. The number of aromatic amines is 1. The zero-order valence-corrected chi connectivity index (χ0v) is 19.1. The van der Waals surface area contributed by atoms with Crippen LogP contribution in [0.25, 0.3) is 16.9 Å². The molecule has 8 nitrogen and oxygen atoms in total. The van der Waals surface area contributed by atoms with Crippen molar-refractivity contribution in [3.05, 3.63) is 65.7 Å². The van der Waals surface area contributed by atoms with Gasteiger partial charge in [0, 0.05) is 23.0 Å². The Bertz CT molecular complexity index is 1200. The molecule has 1 aromatic carbocycles. The number of nitrogens with one attached hydrogen (secondary N) is 2. The fraction of sp³-hybridized carbons (Fsp3) is 0.304. The Morgan fingerprint density at radius 3 is 2.78 bits per heavy atom. The van der Waals surface area contributed by atoms with Gasteiger partial charge in [0.15, 0.2) is 11.5 Å². The van der Waals surface area contributed by atoms with Crippen LogP contribution >= 0.6 is 11.8 Å². The molecule has 3 heterocycles.